The SMILES string of the molecule is CCC(CC(C)c1ccc(OCc2ccc(C3(c4cc(C)cc(C)c4)c4ccccc4-c4ccc(N(c5ccc(-c6ccccc6)cc5)c5ccc6c(c5)C(c5ccccc5)(c5ccccc5)c5ccccc5-6)cc43)cc2)cc1)c1ccc(-c2ccc3c(c2)CC3)cc1. The van der Waals surface area contributed by atoms with Gasteiger partial charge in [0.2, 0.25) is 0 Å². The van der Waals surface area contributed by atoms with Crippen LogP contribution in [-0.2, 0) is 30.3 Å². The van der Waals surface area contributed by atoms with Crippen LogP contribution in [0.25, 0.3) is 44.5 Å². The summed E-state index contributed by atoms with van der Waals surface area (Å²) in [5.74, 6) is 1.77. The number of benzene rings is 13. The zero-order valence-corrected chi connectivity index (χ0v) is 53.5. The summed E-state index contributed by atoms with van der Waals surface area (Å²) >= 11 is 0. The molecule has 93 heavy (non-hydrogen) atoms. The van der Waals surface area contributed by atoms with Gasteiger partial charge in [-0.15, -0.1) is 0 Å². The van der Waals surface area contributed by atoms with Crippen LogP contribution in [0.5, 0.6) is 5.75 Å². The number of aryl methyl sites for hydroxylation is 4. The fourth-order valence-electron chi connectivity index (χ4n) is 16.2. The molecule has 0 radical (unpaired) electrons. The molecule has 0 bridgehead atoms. The van der Waals surface area contributed by atoms with Crippen molar-refractivity contribution in [2.45, 2.75) is 82.7 Å². The first kappa shape index (κ1) is 57.6. The first-order chi connectivity index (χ1) is 45.7. The second-order valence-corrected chi connectivity index (χ2v) is 26.3. The lowest BCUT2D eigenvalue weighted by Crippen LogP contribution is -2.29. The van der Waals surface area contributed by atoms with E-state index in [1.807, 2.05) is 0 Å². The van der Waals surface area contributed by atoms with Crippen molar-refractivity contribution in [3.05, 3.63) is 393 Å². The van der Waals surface area contributed by atoms with Crippen LogP contribution < -0.4 is 9.64 Å². The molecular weight excluding hydrogens is 1120 g/mol. The minimum absolute atomic E-state index is 0.405. The number of nitrogens with zero attached hydrogens (tertiary/aromatic N) is 1. The molecule has 3 atom stereocenters. The van der Waals surface area contributed by atoms with Gasteiger partial charge in [0.15, 0.2) is 0 Å². The Bertz CT molecular complexity index is 4820. The van der Waals surface area contributed by atoms with Gasteiger partial charge in [0, 0.05) is 17.1 Å². The molecule has 0 amide bonds. The summed E-state index contributed by atoms with van der Waals surface area (Å²) in [6.45, 7) is 9.64. The predicted molar refractivity (Wildman–Crippen MR) is 387 cm³/mol. The maximum absolute atomic E-state index is 6.64. The van der Waals surface area contributed by atoms with Crippen LogP contribution >= 0.6 is 0 Å². The molecule has 2 heteroatoms. The molecule has 0 spiro atoms. The third kappa shape index (κ3) is 10.0. The smallest absolute Gasteiger partial charge is 0.119 e. The highest BCUT2D eigenvalue weighted by atomic mass is 16.5. The van der Waals surface area contributed by atoms with Gasteiger partial charge in [-0.2, -0.15) is 0 Å². The highest BCUT2D eigenvalue weighted by molar-refractivity contribution is 5.92. The molecule has 16 rings (SSSR count). The normalized spacial score (nSPS) is 15.2. The standard InChI is InChI=1S/C91H75NO/c1-5-65(68-31-33-70(34-32-68)72-37-35-71-36-38-73(71)57-72)56-63(4)66-41-49-81(50-42-66)93-60-64-29-43-76(44-30-64)91(77-54-61(2)53-62(3)55-77)87-28-18-16-26-83(87)85-52-48-80(59-89(85)91)92(78-45-39-69(40-46-78)67-19-9-6-10-20-67)79-47-51-84-82-25-15-17-27-86(82)90(88(84)58-79,74-21-11-7-12-22-74)75-23-13-8-14-24-75/h6-35,37,39-55,57-59,63,65H,5,36,38,56,60H2,1-4H3. The average molecular weight is 1200 g/mol. The van der Waals surface area contributed by atoms with Gasteiger partial charge in [-0.3, -0.25) is 0 Å². The molecule has 13 aromatic carbocycles. The van der Waals surface area contributed by atoms with Crippen molar-refractivity contribution in [1.82, 2.24) is 0 Å². The van der Waals surface area contributed by atoms with Crippen LogP contribution in [0, 0.1) is 13.8 Å². The number of hydrogen-bond donors (Lipinski definition) is 0. The van der Waals surface area contributed by atoms with E-state index in [9.17, 15) is 0 Å². The summed E-state index contributed by atoms with van der Waals surface area (Å²) in [5.41, 5.74) is 31.5. The number of rotatable bonds is 17. The Labute approximate surface area is 549 Å². The third-order valence-electron chi connectivity index (χ3n) is 20.8. The first-order valence-corrected chi connectivity index (χ1v) is 33.4. The molecule has 0 aliphatic heterocycles. The zero-order valence-electron chi connectivity index (χ0n) is 53.5. The van der Waals surface area contributed by atoms with Crippen molar-refractivity contribution in [2.24, 2.45) is 0 Å². The first-order valence-electron chi connectivity index (χ1n) is 33.4. The fourth-order valence-corrected chi connectivity index (χ4v) is 16.2. The lowest BCUT2D eigenvalue weighted by Gasteiger charge is -2.36. The van der Waals surface area contributed by atoms with Gasteiger partial charge in [-0.05, 0) is 217 Å². The van der Waals surface area contributed by atoms with Gasteiger partial charge in [0.05, 0.1) is 10.8 Å². The van der Waals surface area contributed by atoms with Crippen LogP contribution in [0.1, 0.15) is 122 Å². The molecule has 0 fully saturated rings. The minimum Gasteiger partial charge on any atom is -0.489 e. The average Bonchev–Trinajstić information content (AvgIpc) is 1.59. The van der Waals surface area contributed by atoms with Crippen molar-refractivity contribution in [1.29, 1.82) is 0 Å². The summed E-state index contributed by atoms with van der Waals surface area (Å²) in [6.07, 6.45) is 4.63. The summed E-state index contributed by atoms with van der Waals surface area (Å²) in [6, 6.07) is 117. The van der Waals surface area contributed by atoms with Gasteiger partial charge >= 0.3 is 0 Å². The Kier molecular flexibility index (Phi) is 14.8. The van der Waals surface area contributed by atoms with E-state index < -0.39 is 10.8 Å². The highest BCUT2D eigenvalue weighted by Crippen LogP contribution is 2.60. The molecule has 3 aliphatic rings. The Balaban J connectivity index is 0.755. The molecule has 0 heterocycles. The lowest BCUT2D eigenvalue weighted by molar-refractivity contribution is 0.306. The number of fused-ring (bicyclic) bond motifs is 7. The van der Waals surface area contributed by atoms with E-state index in [1.54, 1.807) is 0 Å². The van der Waals surface area contributed by atoms with E-state index in [2.05, 4.69) is 342 Å². The van der Waals surface area contributed by atoms with Crippen molar-refractivity contribution in [2.75, 3.05) is 4.90 Å². The molecule has 450 valence electrons. The minimum atomic E-state index is -0.661. The number of hydrogen-bond acceptors (Lipinski definition) is 2. The second-order valence-electron chi connectivity index (χ2n) is 26.3. The molecule has 0 aromatic heterocycles. The van der Waals surface area contributed by atoms with Crippen LogP contribution in [0.4, 0.5) is 17.1 Å². The summed E-state index contributed by atoms with van der Waals surface area (Å²) in [4.78, 5) is 2.50. The Morgan fingerprint density at radius 3 is 1.39 bits per heavy atom. The van der Waals surface area contributed by atoms with Crippen molar-refractivity contribution < 1.29 is 4.74 Å². The van der Waals surface area contributed by atoms with Crippen LogP contribution in [0.15, 0.2) is 309 Å². The van der Waals surface area contributed by atoms with E-state index in [1.165, 1.54) is 135 Å². The van der Waals surface area contributed by atoms with Gasteiger partial charge < -0.3 is 9.64 Å². The summed E-state index contributed by atoms with van der Waals surface area (Å²) < 4.78 is 6.64. The Hall–Kier alpha value is -10.5. The van der Waals surface area contributed by atoms with Crippen molar-refractivity contribution in [3.63, 3.8) is 0 Å². The third-order valence-corrected chi connectivity index (χ3v) is 20.8. The maximum Gasteiger partial charge on any atom is 0.119 e. The van der Waals surface area contributed by atoms with Gasteiger partial charge in [0.1, 0.15) is 12.4 Å². The topological polar surface area (TPSA) is 12.5 Å². The van der Waals surface area contributed by atoms with E-state index in [0.29, 0.717) is 18.4 Å². The quantitative estimate of drug-likeness (QED) is 0.0901. The molecule has 2 nitrogen and oxygen atoms in total. The molecule has 13 aromatic rings. The lowest BCUT2D eigenvalue weighted by atomic mass is 9.67. The van der Waals surface area contributed by atoms with E-state index in [0.717, 1.165) is 41.2 Å². The van der Waals surface area contributed by atoms with Crippen LogP contribution in [-0.4, -0.2) is 0 Å². The molecule has 3 unspecified atom stereocenters. The largest absolute Gasteiger partial charge is 0.489 e. The molecular formula is C91H75NO. The molecule has 0 saturated heterocycles. The highest BCUT2D eigenvalue weighted by Gasteiger charge is 2.48. The summed E-state index contributed by atoms with van der Waals surface area (Å²) in [7, 11) is 0. The molecule has 0 saturated carbocycles. The summed E-state index contributed by atoms with van der Waals surface area (Å²) in [5, 5.41) is 0. The van der Waals surface area contributed by atoms with Crippen LogP contribution in [0.2, 0.25) is 0 Å². The number of anilines is 3. The van der Waals surface area contributed by atoms with E-state index in [-0.39, 0.29) is 0 Å². The van der Waals surface area contributed by atoms with Gasteiger partial charge in [-0.25, -0.2) is 0 Å². The second kappa shape index (κ2) is 23.9. The maximum atomic E-state index is 6.64. The van der Waals surface area contributed by atoms with Crippen molar-refractivity contribution >= 4 is 17.1 Å². The molecule has 0 N–H and O–H groups in total. The zero-order chi connectivity index (χ0) is 62.6. The van der Waals surface area contributed by atoms with E-state index in [4.69, 9.17) is 4.74 Å². The van der Waals surface area contributed by atoms with Gasteiger partial charge in [-0.1, -0.05) is 286 Å². The fraction of sp³-hybridized carbons (Fsp3) is 0.143. The number of ether oxygens (including phenoxy) is 1. The molecule has 3 aliphatic carbocycles. The van der Waals surface area contributed by atoms with E-state index >= 15 is 0 Å². The van der Waals surface area contributed by atoms with Gasteiger partial charge in [0.25, 0.3) is 0 Å². The Morgan fingerprint density at radius 2 is 0.828 bits per heavy atom. The van der Waals surface area contributed by atoms with Crippen LogP contribution in [0.3, 0.4) is 0 Å². The Morgan fingerprint density at radius 1 is 0.366 bits per heavy atom. The van der Waals surface area contributed by atoms with Crippen molar-refractivity contribution in [3.8, 4) is 50.3 Å². The monoisotopic (exact) mass is 1200 g/mol. The predicted octanol–water partition coefficient (Wildman–Crippen LogP) is 23.2.